The number of likely N-dealkylation sites (tertiary alicyclic amines) is 1. The molecule has 4 rings (SSSR count). The molecule has 6 atom stereocenters. The number of aliphatic hydroxyl groups excluding tert-OH is 1. The standard InChI is InChI=1S/C27H39N3O7/c1-3-4-13-29-14-7-5-6-10-20(32)28-17-18(2)36-26(35)21-19-11-12-27(37-19)22(21)24(33)30(15-8-9-16-31)23(27)25(29)34/h5,7,11-12,18-19,21-23,31H,3-4,6,8-10,13-17H2,1-2H3,(H,28,32)/b7-5-/t18-,19+,21-,22-,23+,27-/m0/s1. The molecular formula is C27H39N3O7. The highest BCUT2D eigenvalue weighted by atomic mass is 16.6. The van der Waals surface area contributed by atoms with Crippen molar-refractivity contribution >= 4 is 23.7 Å². The first-order chi connectivity index (χ1) is 17.8. The summed E-state index contributed by atoms with van der Waals surface area (Å²) in [5, 5.41) is 12.1. The van der Waals surface area contributed by atoms with Crippen LogP contribution < -0.4 is 5.32 Å². The van der Waals surface area contributed by atoms with E-state index >= 15 is 0 Å². The van der Waals surface area contributed by atoms with Gasteiger partial charge in [-0.2, -0.15) is 0 Å². The number of carbonyl (C=O) groups is 4. The Morgan fingerprint density at radius 3 is 2.68 bits per heavy atom. The first kappa shape index (κ1) is 27.3. The topological polar surface area (TPSA) is 125 Å². The maximum Gasteiger partial charge on any atom is 0.313 e. The Kier molecular flexibility index (Phi) is 8.69. The highest BCUT2D eigenvalue weighted by Crippen LogP contribution is 2.55. The SMILES string of the molecule is CCCCN1C/C=C\CCC(=O)NC[C@H](C)OC(=O)[C@@H]2[C@H]3C(=O)N(CCCCO)[C@H](C1=O)[C@]31C=C[C@H]2O1. The number of amides is 3. The molecule has 0 aromatic rings. The van der Waals surface area contributed by atoms with Gasteiger partial charge in [0.15, 0.2) is 0 Å². The molecule has 4 aliphatic heterocycles. The summed E-state index contributed by atoms with van der Waals surface area (Å²) >= 11 is 0. The van der Waals surface area contributed by atoms with E-state index in [0.29, 0.717) is 38.8 Å². The quantitative estimate of drug-likeness (QED) is 0.292. The Labute approximate surface area is 218 Å². The lowest BCUT2D eigenvalue weighted by Crippen LogP contribution is -2.56. The van der Waals surface area contributed by atoms with Crippen LogP contribution in [0.4, 0.5) is 0 Å². The maximum absolute atomic E-state index is 14.2. The molecule has 2 fully saturated rings. The number of nitrogens with one attached hydrogen (secondary N) is 1. The van der Waals surface area contributed by atoms with Gasteiger partial charge in [0.2, 0.25) is 17.7 Å². The number of nitrogens with zero attached hydrogens (tertiary/aromatic N) is 2. The second kappa shape index (κ2) is 11.8. The summed E-state index contributed by atoms with van der Waals surface area (Å²) in [5.41, 5.74) is -1.23. The molecule has 10 nitrogen and oxygen atoms in total. The van der Waals surface area contributed by atoms with Crippen molar-refractivity contribution < 1.29 is 33.8 Å². The van der Waals surface area contributed by atoms with Crippen molar-refractivity contribution in [3.8, 4) is 0 Å². The van der Waals surface area contributed by atoms with E-state index in [1.807, 2.05) is 12.2 Å². The van der Waals surface area contributed by atoms with E-state index in [4.69, 9.17) is 9.47 Å². The number of esters is 1. The van der Waals surface area contributed by atoms with Gasteiger partial charge >= 0.3 is 5.97 Å². The van der Waals surface area contributed by atoms with Crippen LogP contribution >= 0.6 is 0 Å². The van der Waals surface area contributed by atoms with Gasteiger partial charge in [-0.1, -0.05) is 37.6 Å². The summed E-state index contributed by atoms with van der Waals surface area (Å²) in [6.45, 7) is 5.07. The summed E-state index contributed by atoms with van der Waals surface area (Å²) in [4.78, 5) is 56.8. The first-order valence-corrected chi connectivity index (χ1v) is 13.5. The van der Waals surface area contributed by atoms with Crippen LogP contribution in [0, 0.1) is 11.8 Å². The number of hydrogen-bond acceptors (Lipinski definition) is 7. The van der Waals surface area contributed by atoms with Crippen molar-refractivity contribution in [2.45, 2.75) is 76.2 Å². The van der Waals surface area contributed by atoms with Gasteiger partial charge in [-0.3, -0.25) is 19.2 Å². The van der Waals surface area contributed by atoms with Gasteiger partial charge in [0.25, 0.3) is 0 Å². The maximum atomic E-state index is 14.2. The van der Waals surface area contributed by atoms with Crippen LogP contribution in [-0.2, 0) is 28.7 Å². The summed E-state index contributed by atoms with van der Waals surface area (Å²) in [5.74, 6) is -2.94. The van der Waals surface area contributed by atoms with Gasteiger partial charge in [0, 0.05) is 32.7 Å². The van der Waals surface area contributed by atoms with Crippen molar-refractivity contribution in [2.75, 3.05) is 32.8 Å². The Bertz CT molecular complexity index is 950. The van der Waals surface area contributed by atoms with E-state index in [0.717, 1.165) is 12.8 Å². The summed E-state index contributed by atoms with van der Waals surface area (Å²) in [6.07, 6.45) is 9.65. The molecule has 2 saturated heterocycles. The molecule has 0 aromatic carbocycles. The van der Waals surface area contributed by atoms with E-state index in [9.17, 15) is 24.3 Å². The van der Waals surface area contributed by atoms with Crippen LogP contribution in [0.5, 0.6) is 0 Å². The number of unbranched alkanes of at least 4 members (excludes halogenated alkanes) is 2. The minimum absolute atomic E-state index is 0.00944. The highest BCUT2D eigenvalue weighted by Gasteiger charge is 2.73. The van der Waals surface area contributed by atoms with Crippen molar-refractivity contribution in [1.29, 1.82) is 0 Å². The third-order valence-corrected chi connectivity index (χ3v) is 7.71. The third-order valence-electron chi connectivity index (χ3n) is 7.71. The van der Waals surface area contributed by atoms with E-state index in [2.05, 4.69) is 12.2 Å². The molecule has 0 radical (unpaired) electrons. The van der Waals surface area contributed by atoms with Crippen LogP contribution in [0.2, 0.25) is 0 Å². The Hall–Kier alpha value is -2.72. The monoisotopic (exact) mass is 517 g/mol. The fraction of sp³-hybridized carbons (Fsp3) is 0.704. The lowest BCUT2D eigenvalue weighted by molar-refractivity contribution is -0.158. The zero-order chi connectivity index (χ0) is 26.6. The number of carbonyl (C=O) groups excluding carboxylic acids is 4. The number of allylic oxidation sites excluding steroid dienone is 1. The molecule has 0 aromatic heterocycles. The summed E-state index contributed by atoms with van der Waals surface area (Å²) in [6, 6.07) is -0.899. The second-order valence-corrected chi connectivity index (χ2v) is 10.4. The first-order valence-electron chi connectivity index (χ1n) is 13.5. The zero-order valence-corrected chi connectivity index (χ0v) is 21.8. The Morgan fingerprint density at radius 1 is 1.11 bits per heavy atom. The molecule has 3 amide bonds. The van der Waals surface area contributed by atoms with E-state index < -0.39 is 41.7 Å². The van der Waals surface area contributed by atoms with Crippen LogP contribution in [0.3, 0.4) is 0 Å². The molecule has 0 aliphatic carbocycles. The zero-order valence-electron chi connectivity index (χ0n) is 21.8. The number of rotatable bonds is 7. The van der Waals surface area contributed by atoms with E-state index in [1.54, 1.807) is 28.9 Å². The fourth-order valence-electron chi connectivity index (χ4n) is 5.86. The van der Waals surface area contributed by atoms with E-state index in [-0.39, 0.29) is 37.4 Å². The number of ether oxygens (including phenoxy) is 2. The summed E-state index contributed by atoms with van der Waals surface area (Å²) in [7, 11) is 0. The molecule has 4 heterocycles. The van der Waals surface area contributed by atoms with Gasteiger partial charge in [-0.15, -0.1) is 0 Å². The minimum atomic E-state index is -1.23. The minimum Gasteiger partial charge on any atom is -0.460 e. The van der Waals surface area contributed by atoms with Crippen LogP contribution in [0.1, 0.15) is 52.4 Å². The molecule has 0 unspecified atom stereocenters. The van der Waals surface area contributed by atoms with Gasteiger partial charge < -0.3 is 29.7 Å². The number of aliphatic hydroxyl groups is 1. The molecule has 4 aliphatic rings. The second-order valence-electron chi connectivity index (χ2n) is 10.4. The molecule has 5 bridgehead atoms. The lowest BCUT2D eigenvalue weighted by Gasteiger charge is -2.36. The highest BCUT2D eigenvalue weighted by molar-refractivity contribution is 5.99. The van der Waals surface area contributed by atoms with Crippen molar-refractivity contribution in [1.82, 2.24) is 15.1 Å². The smallest absolute Gasteiger partial charge is 0.313 e. The van der Waals surface area contributed by atoms with Gasteiger partial charge in [-0.05, 0) is 32.6 Å². The van der Waals surface area contributed by atoms with E-state index in [1.165, 1.54) is 0 Å². The number of hydrogen-bond donors (Lipinski definition) is 2. The van der Waals surface area contributed by atoms with Crippen LogP contribution in [-0.4, -0.2) is 95.2 Å². The molecule has 1 spiro atoms. The van der Waals surface area contributed by atoms with Gasteiger partial charge in [0.1, 0.15) is 23.7 Å². The molecule has 204 valence electrons. The molecule has 10 heteroatoms. The molecule has 0 saturated carbocycles. The third kappa shape index (κ3) is 5.31. The Morgan fingerprint density at radius 2 is 1.92 bits per heavy atom. The average molecular weight is 518 g/mol. The van der Waals surface area contributed by atoms with Gasteiger partial charge in [0.05, 0.1) is 18.6 Å². The summed E-state index contributed by atoms with van der Waals surface area (Å²) < 4.78 is 12.0. The van der Waals surface area contributed by atoms with Gasteiger partial charge in [-0.25, -0.2) is 0 Å². The largest absolute Gasteiger partial charge is 0.460 e. The molecular weight excluding hydrogens is 478 g/mol. The number of fused-ring (bicyclic) bond motifs is 2. The van der Waals surface area contributed by atoms with Crippen molar-refractivity contribution in [3.05, 3.63) is 24.3 Å². The normalized spacial score (nSPS) is 35.1. The Balaban J connectivity index is 1.71. The average Bonchev–Trinajstić information content (AvgIpc) is 3.51. The van der Waals surface area contributed by atoms with Crippen LogP contribution in [0.15, 0.2) is 24.3 Å². The van der Waals surface area contributed by atoms with Crippen molar-refractivity contribution in [3.63, 3.8) is 0 Å². The number of cyclic esters (lactones) is 1. The predicted molar refractivity (Wildman–Crippen MR) is 134 cm³/mol. The van der Waals surface area contributed by atoms with Crippen LogP contribution in [0.25, 0.3) is 0 Å². The molecule has 37 heavy (non-hydrogen) atoms. The predicted octanol–water partition coefficient (Wildman–Crippen LogP) is 0.936. The van der Waals surface area contributed by atoms with Crippen molar-refractivity contribution in [2.24, 2.45) is 11.8 Å². The fourth-order valence-corrected chi connectivity index (χ4v) is 5.86. The molecule has 2 N–H and O–H groups in total. The lowest BCUT2D eigenvalue weighted by atomic mass is 9.74.